The number of thiocarbonyl (C=S) groups is 1. The van der Waals surface area contributed by atoms with Crippen molar-refractivity contribution in [3.63, 3.8) is 0 Å². The van der Waals surface area contributed by atoms with E-state index in [2.05, 4.69) is 15.5 Å². The van der Waals surface area contributed by atoms with Crippen LogP contribution in [0.15, 0.2) is 89.1 Å². The highest BCUT2D eigenvalue weighted by molar-refractivity contribution is 7.80. The maximum Gasteiger partial charge on any atom is 0.221 e. The Morgan fingerprint density at radius 2 is 1.76 bits per heavy atom. The fourth-order valence-corrected chi connectivity index (χ4v) is 3.42. The summed E-state index contributed by atoms with van der Waals surface area (Å²) in [5, 5.41) is 23.3. The molecule has 0 saturated carbocycles. The van der Waals surface area contributed by atoms with Crippen LogP contribution in [0.1, 0.15) is 11.1 Å². The maximum absolute atomic E-state index is 10.9. The number of fused-ring (bicyclic) bond motifs is 1. The van der Waals surface area contributed by atoms with Gasteiger partial charge in [-0.15, -0.1) is 10.2 Å². The normalized spacial score (nSPS) is 11.2. The highest BCUT2D eigenvalue weighted by atomic mass is 32.1. The van der Waals surface area contributed by atoms with Gasteiger partial charge >= 0.3 is 0 Å². The molecule has 0 spiro atoms. The van der Waals surface area contributed by atoms with E-state index in [-0.39, 0.29) is 11.0 Å². The second-order valence-corrected chi connectivity index (χ2v) is 7.15. The molecule has 4 aromatic rings. The number of hydrogen-bond acceptors (Lipinski definition) is 3. The number of benzene rings is 3. The van der Waals surface area contributed by atoms with Crippen LogP contribution in [0.5, 0.6) is 5.88 Å². The molecule has 0 aliphatic carbocycles. The van der Waals surface area contributed by atoms with Gasteiger partial charge in [0.15, 0.2) is 5.69 Å². The van der Waals surface area contributed by atoms with E-state index in [4.69, 9.17) is 12.2 Å². The van der Waals surface area contributed by atoms with Crippen LogP contribution in [-0.4, -0.2) is 14.8 Å². The molecular formula is C23H20N4OS. The molecule has 4 rings (SSSR count). The molecule has 0 bridgehead atoms. The molecule has 0 fully saturated rings. The van der Waals surface area contributed by atoms with Crippen molar-refractivity contribution in [3.8, 4) is 5.88 Å². The average molecular weight is 401 g/mol. The van der Waals surface area contributed by atoms with Crippen LogP contribution in [0.4, 0.5) is 11.4 Å². The van der Waals surface area contributed by atoms with E-state index in [1.54, 1.807) is 0 Å². The molecule has 0 radical (unpaired) electrons. The Labute approximate surface area is 174 Å². The third-order valence-corrected chi connectivity index (χ3v) is 4.79. The Hall–Kier alpha value is -3.51. The third-order valence-electron chi connectivity index (χ3n) is 4.61. The number of hydrogen-bond donors (Lipinski definition) is 2. The van der Waals surface area contributed by atoms with Gasteiger partial charge in [0.25, 0.3) is 0 Å². The van der Waals surface area contributed by atoms with Gasteiger partial charge in [0.05, 0.1) is 12.1 Å². The highest BCUT2D eigenvalue weighted by Crippen LogP contribution is 2.39. The van der Waals surface area contributed by atoms with Crippen LogP contribution in [0.25, 0.3) is 10.9 Å². The van der Waals surface area contributed by atoms with Crippen molar-refractivity contribution >= 4 is 39.6 Å². The van der Waals surface area contributed by atoms with Gasteiger partial charge in [0.1, 0.15) is 0 Å². The van der Waals surface area contributed by atoms with Crippen LogP contribution in [0, 0.1) is 6.92 Å². The number of para-hydroxylation sites is 1. The Bertz CT molecular complexity index is 1200. The number of nitrogens with one attached hydrogen (secondary N) is 1. The zero-order valence-electron chi connectivity index (χ0n) is 15.9. The van der Waals surface area contributed by atoms with Gasteiger partial charge in [-0.1, -0.05) is 60.7 Å². The van der Waals surface area contributed by atoms with E-state index in [0.29, 0.717) is 12.2 Å². The van der Waals surface area contributed by atoms with E-state index in [1.165, 1.54) is 0 Å². The number of anilines is 1. The quantitative estimate of drug-likeness (QED) is 0.317. The molecule has 29 heavy (non-hydrogen) atoms. The monoisotopic (exact) mass is 400 g/mol. The number of aromatic hydroxyl groups is 1. The molecular weight excluding hydrogens is 380 g/mol. The minimum atomic E-state index is 0.0668. The molecule has 6 heteroatoms. The fraction of sp³-hybridized carbons (Fsp3) is 0.0870. The topological polar surface area (TPSA) is 61.9 Å². The lowest BCUT2D eigenvalue weighted by Gasteiger charge is -2.07. The SMILES string of the molecule is Cc1cccc(NC(=S)N=Nc2c(O)n(Cc3ccccc3)c3ccccc23)c1. The van der Waals surface area contributed by atoms with E-state index in [1.807, 2.05) is 90.4 Å². The summed E-state index contributed by atoms with van der Waals surface area (Å²) in [6.45, 7) is 2.55. The van der Waals surface area contributed by atoms with Gasteiger partial charge < -0.3 is 15.0 Å². The second-order valence-electron chi connectivity index (χ2n) is 6.76. The fourth-order valence-electron chi connectivity index (χ4n) is 3.26. The van der Waals surface area contributed by atoms with Crippen molar-refractivity contribution in [2.75, 3.05) is 5.32 Å². The lowest BCUT2D eigenvalue weighted by atomic mass is 10.2. The molecule has 0 aliphatic rings. The predicted octanol–water partition coefficient (Wildman–Crippen LogP) is 6.18. The largest absolute Gasteiger partial charge is 0.493 e. The molecule has 1 aromatic heterocycles. The summed E-state index contributed by atoms with van der Waals surface area (Å²) in [5.41, 5.74) is 4.36. The van der Waals surface area contributed by atoms with E-state index >= 15 is 0 Å². The van der Waals surface area contributed by atoms with Crippen molar-refractivity contribution in [1.82, 2.24) is 4.57 Å². The summed E-state index contributed by atoms with van der Waals surface area (Å²) in [6, 6.07) is 25.6. The number of aromatic nitrogens is 1. The first-order valence-corrected chi connectivity index (χ1v) is 9.66. The standard InChI is InChI=1S/C23H20N4OS/c1-16-8-7-11-18(14-16)24-23(29)26-25-21-19-12-5-6-13-20(19)27(22(21)28)15-17-9-3-2-4-10-17/h2-14,28H,15H2,1H3,(H,24,29). The van der Waals surface area contributed by atoms with Gasteiger partial charge in [0, 0.05) is 11.1 Å². The predicted molar refractivity (Wildman–Crippen MR) is 121 cm³/mol. The molecule has 1 heterocycles. The van der Waals surface area contributed by atoms with E-state index in [0.717, 1.165) is 27.7 Å². The van der Waals surface area contributed by atoms with Crippen molar-refractivity contribution in [2.45, 2.75) is 13.5 Å². The number of rotatable bonds is 4. The Morgan fingerprint density at radius 3 is 2.55 bits per heavy atom. The maximum atomic E-state index is 10.9. The van der Waals surface area contributed by atoms with Crippen LogP contribution in [0.3, 0.4) is 0 Å². The smallest absolute Gasteiger partial charge is 0.221 e. The lowest BCUT2D eigenvalue weighted by molar-refractivity contribution is 0.429. The highest BCUT2D eigenvalue weighted by Gasteiger charge is 2.16. The first-order valence-electron chi connectivity index (χ1n) is 9.25. The Morgan fingerprint density at radius 1 is 1.00 bits per heavy atom. The molecule has 5 nitrogen and oxygen atoms in total. The number of nitrogens with zero attached hydrogens (tertiary/aromatic N) is 3. The van der Waals surface area contributed by atoms with Crippen molar-refractivity contribution in [3.05, 3.63) is 90.0 Å². The molecule has 2 N–H and O–H groups in total. The summed E-state index contributed by atoms with van der Waals surface area (Å²) < 4.78 is 1.83. The first-order chi connectivity index (χ1) is 14.1. The Kier molecular flexibility index (Phi) is 5.35. The summed E-state index contributed by atoms with van der Waals surface area (Å²) in [5.74, 6) is 0.0668. The molecule has 144 valence electrons. The molecule has 0 saturated heterocycles. The minimum absolute atomic E-state index is 0.0668. The van der Waals surface area contributed by atoms with Gasteiger partial charge in [-0.2, -0.15) is 0 Å². The Balaban J connectivity index is 1.64. The lowest BCUT2D eigenvalue weighted by Crippen LogP contribution is -2.04. The van der Waals surface area contributed by atoms with Gasteiger partial charge in [-0.3, -0.25) is 0 Å². The third kappa shape index (κ3) is 4.17. The van der Waals surface area contributed by atoms with Crippen LogP contribution in [-0.2, 0) is 6.54 Å². The molecule has 0 amide bonds. The summed E-state index contributed by atoms with van der Waals surface area (Å²) in [4.78, 5) is 0. The number of azo groups is 1. The molecule has 0 unspecified atom stereocenters. The van der Waals surface area contributed by atoms with Crippen molar-refractivity contribution in [1.29, 1.82) is 0 Å². The minimum Gasteiger partial charge on any atom is -0.493 e. The van der Waals surface area contributed by atoms with Crippen LogP contribution < -0.4 is 5.32 Å². The molecule has 0 atom stereocenters. The summed E-state index contributed by atoms with van der Waals surface area (Å²) in [7, 11) is 0. The summed E-state index contributed by atoms with van der Waals surface area (Å²) >= 11 is 5.30. The van der Waals surface area contributed by atoms with Crippen LogP contribution >= 0.6 is 12.2 Å². The zero-order valence-corrected chi connectivity index (χ0v) is 16.7. The van der Waals surface area contributed by atoms with E-state index < -0.39 is 0 Å². The summed E-state index contributed by atoms with van der Waals surface area (Å²) in [6.07, 6.45) is 0. The molecule has 0 aliphatic heterocycles. The number of aryl methyl sites for hydroxylation is 1. The van der Waals surface area contributed by atoms with E-state index in [9.17, 15) is 5.11 Å². The average Bonchev–Trinajstić information content (AvgIpc) is 2.98. The first kappa shape index (κ1) is 18.8. The second kappa shape index (κ2) is 8.24. The van der Waals surface area contributed by atoms with Gasteiger partial charge in [-0.25, -0.2) is 0 Å². The van der Waals surface area contributed by atoms with Crippen LogP contribution in [0.2, 0.25) is 0 Å². The van der Waals surface area contributed by atoms with Gasteiger partial charge in [-0.05, 0) is 48.5 Å². The van der Waals surface area contributed by atoms with Crippen molar-refractivity contribution < 1.29 is 5.11 Å². The zero-order chi connectivity index (χ0) is 20.2. The van der Waals surface area contributed by atoms with Gasteiger partial charge in [0.2, 0.25) is 11.0 Å². The van der Waals surface area contributed by atoms with Crippen molar-refractivity contribution in [2.24, 2.45) is 10.2 Å². The molecule has 3 aromatic carbocycles.